The van der Waals surface area contributed by atoms with E-state index in [1.165, 1.54) is 0 Å². The van der Waals surface area contributed by atoms with Crippen LogP contribution in [0.1, 0.15) is 12.5 Å². The van der Waals surface area contributed by atoms with E-state index in [1.54, 1.807) is 18.2 Å². The van der Waals surface area contributed by atoms with Crippen LogP contribution in [0.25, 0.3) is 0 Å². The molecule has 0 saturated carbocycles. The molecule has 0 aliphatic carbocycles. The van der Waals surface area contributed by atoms with E-state index in [1.807, 2.05) is 6.92 Å². The van der Waals surface area contributed by atoms with Crippen molar-refractivity contribution >= 4 is 33.5 Å². The van der Waals surface area contributed by atoms with Crippen molar-refractivity contribution in [1.82, 2.24) is 15.0 Å². The molecule has 0 aliphatic heterocycles. The maximum atomic E-state index is 8.82. The van der Waals surface area contributed by atoms with Gasteiger partial charge < -0.3 is 15.8 Å². The molecule has 0 unspecified atom stereocenters. The highest BCUT2D eigenvalue weighted by Gasteiger charge is 2.08. The number of nitrogens with one attached hydrogen (secondary N) is 1. The zero-order valence-corrected chi connectivity index (χ0v) is 12.2. The molecule has 0 bridgehead atoms. The Bertz CT molecular complexity index is 669. The van der Waals surface area contributed by atoms with E-state index in [0.29, 0.717) is 22.3 Å². The molecule has 1 aromatic heterocycles. The molecular formula is C12H11BrN6O. The zero-order chi connectivity index (χ0) is 14.5. The fraction of sp³-hybridized carbons (Fsp3) is 0.167. The van der Waals surface area contributed by atoms with Gasteiger partial charge in [-0.2, -0.15) is 20.2 Å². The highest BCUT2D eigenvalue weighted by atomic mass is 79.9. The Morgan fingerprint density at radius 3 is 2.85 bits per heavy atom. The lowest BCUT2D eigenvalue weighted by atomic mass is 10.2. The number of aromatic nitrogens is 3. The highest BCUT2D eigenvalue weighted by Crippen LogP contribution is 2.26. The zero-order valence-electron chi connectivity index (χ0n) is 10.6. The van der Waals surface area contributed by atoms with Gasteiger partial charge >= 0.3 is 6.01 Å². The normalized spacial score (nSPS) is 9.85. The number of benzene rings is 1. The van der Waals surface area contributed by atoms with Crippen LogP contribution in [-0.4, -0.2) is 21.6 Å². The molecule has 0 fully saturated rings. The predicted molar refractivity (Wildman–Crippen MR) is 77.5 cm³/mol. The number of hydrogen-bond donors (Lipinski definition) is 2. The van der Waals surface area contributed by atoms with Gasteiger partial charge in [-0.25, -0.2) is 0 Å². The van der Waals surface area contributed by atoms with E-state index in [0.717, 1.165) is 0 Å². The molecule has 1 heterocycles. The van der Waals surface area contributed by atoms with Crippen LogP contribution in [0, 0.1) is 11.3 Å². The molecule has 1 aromatic carbocycles. The standard InChI is InChI=1S/C12H11BrN6O/c1-2-20-12-18-10(15)17-11(19-12)16-9-4-3-7(6-14)5-8(9)13/h3-5H,2H2,1H3,(H3,15,16,17,18,19). The quantitative estimate of drug-likeness (QED) is 0.881. The minimum Gasteiger partial charge on any atom is -0.464 e. The van der Waals surface area contributed by atoms with Crippen LogP contribution >= 0.6 is 15.9 Å². The molecular weight excluding hydrogens is 324 g/mol. The molecule has 2 aromatic rings. The van der Waals surface area contributed by atoms with Crippen LogP contribution in [0.3, 0.4) is 0 Å². The van der Waals surface area contributed by atoms with Gasteiger partial charge in [0.15, 0.2) is 0 Å². The Kier molecular flexibility index (Phi) is 4.32. The van der Waals surface area contributed by atoms with Gasteiger partial charge in [0.2, 0.25) is 11.9 Å². The molecule has 7 nitrogen and oxygen atoms in total. The number of hydrogen-bond acceptors (Lipinski definition) is 7. The van der Waals surface area contributed by atoms with Gasteiger partial charge in [0.05, 0.1) is 23.9 Å². The van der Waals surface area contributed by atoms with Crippen molar-refractivity contribution < 1.29 is 4.74 Å². The summed E-state index contributed by atoms with van der Waals surface area (Å²) < 4.78 is 5.91. The number of nitrogens with two attached hydrogens (primary N) is 1. The van der Waals surface area contributed by atoms with Crippen molar-refractivity contribution in [1.29, 1.82) is 5.26 Å². The van der Waals surface area contributed by atoms with Crippen molar-refractivity contribution in [3.63, 3.8) is 0 Å². The average Bonchev–Trinajstić information content (AvgIpc) is 2.41. The molecule has 2 rings (SSSR count). The number of anilines is 3. The number of nitriles is 1. The van der Waals surface area contributed by atoms with Crippen LogP contribution in [0.15, 0.2) is 22.7 Å². The second-order valence-corrected chi connectivity index (χ2v) is 4.52. The SMILES string of the molecule is CCOc1nc(N)nc(Nc2ccc(C#N)cc2Br)n1. The molecule has 0 amide bonds. The van der Waals surface area contributed by atoms with Crippen molar-refractivity contribution in [2.45, 2.75) is 6.92 Å². The third kappa shape index (κ3) is 3.33. The first-order valence-electron chi connectivity index (χ1n) is 5.73. The third-order valence-corrected chi connectivity index (χ3v) is 2.91. The summed E-state index contributed by atoms with van der Waals surface area (Å²) in [7, 11) is 0. The van der Waals surface area contributed by atoms with Crippen LogP contribution in [0.2, 0.25) is 0 Å². The first-order valence-corrected chi connectivity index (χ1v) is 6.52. The molecule has 0 radical (unpaired) electrons. The fourth-order valence-corrected chi connectivity index (χ4v) is 1.91. The Morgan fingerprint density at radius 2 is 2.20 bits per heavy atom. The number of nitrogens with zero attached hydrogens (tertiary/aromatic N) is 4. The Balaban J connectivity index is 2.28. The molecule has 3 N–H and O–H groups in total. The minimum atomic E-state index is 0.0655. The van der Waals surface area contributed by atoms with E-state index in [2.05, 4.69) is 42.3 Å². The highest BCUT2D eigenvalue weighted by molar-refractivity contribution is 9.10. The summed E-state index contributed by atoms with van der Waals surface area (Å²) in [6.07, 6.45) is 0. The average molecular weight is 335 g/mol. The second-order valence-electron chi connectivity index (χ2n) is 3.66. The first kappa shape index (κ1) is 14.0. The third-order valence-electron chi connectivity index (χ3n) is 2.25. The van der Waals surface area contributed by atoms with Crippen LogP contribution in [0.4, 0.5) is 17.6 Å². The summed E-state index contributed by atoms with van der Waals surface area (Å²) in [5.41, 5.74) is 6.84. The van der Waals surface area contributed by atoms with E-state index in [4.69, 9.17) is 15.7 Å². The molecule has 0 atom stereocenters. The van der Waals surface area contributed by atoms with Gasteiger partial charge in [0.1, 0.15) is 0 Å². The van der Waals surface area contributed by atoms with E-state index >= 15 is 0 Å². The number of nitrogen functional groups attached to an aromatic ring is 1. The van der Waals surface area contributed by atoms with Gasteiger partial charge in [-0.15, -0.1) is 0 Å². The summed E-state index contributed by atoms with van der Waals surface area (Å²) >= 11 is 3.37. The van der Waals surface area contributed by atoms with Gasteiger partial charge in [0, 0.05) is 4.47 Å². The van der Waals surface area contributed by atoms with Crippen molar-refractivity contribution in [3.05, 3.63) is 28.2 Å². The van der Waals surface area contributed by atoms with Crippen LogP contribution < -0.4 is 15.8 Å². The van der Waals surface area contributed by atoms with Gasteiger partial charge in [-0.1, -0.05) is 0 Å². The molecule has 0 saturated heterocycles. The molecule has 102 valence electrons. The second kappa shape index (κ2) is 6.16. The lowest BCUT2D eigenvalue weighted by molar-refractivity contribution is 0.312. The molecule has 0 spiro atoms. The van der Waals surface area contributed by atoms with E-state index in [-0.39, 0.29) is 17.9 Å². The van der Waals surface area contributed by atoms with Crippen molar-refractivity contribution in [3.8, 4) is 12.1 Å². The maximum absolute atomic E-state index is 8.82. The molecule has 20 heavy (non-hydrogen) atoms. The van der Waals surface area contributed by atoms with Gasteiger partial charge in [0.25, 0.3) is 0 Å². The van der Waals surface area contributed by atoms with Crippen LogP contribution in [0.5, 0.6) is 6.01 Å². The van der Waals surface area contributed by atoms with Crippen LogP contribution in [-0.2, 0) is 0 Å². The molecule has 0 aliphatic rings. The lowest BCUT2D eigenvalue weighted by Crippen LogP contribution is -2.06. The summed E-state index contributed by atoms with van der Waals surface area (Å²) in [6.45, 7) is 2.26. The monoisotopic (exact) mass is 334 g/mol. The summed E-state index contributed by atoms with van der Waals surface area (Å²) in [5.74, 6) is 0.335. The summed E-state index contributed by atoms with van der Waals surface area (Å²) in [5, 5.41) is 11.8. The smallest absolute Gasteiger partial charge is 0.323 e. The lowest BCUT2D eigenvalue weighted by Gasteiger charge is -2.09. The maximum Gasteiger partial charge on any atom is 0.323 e. The number of halogens is 1. The fourth-order valence-electron chi connectivity index (χ4n) is 1.43. The van der Waals surface area contributed by atoms with Crippen molar-refractivity contribution in [2.24, 2.45) is 0 Å². The number of rotatable bonds is 4. The van der Waals surface area contributed by atoms with E-state index in [9.17, 15) is 0 Å². The number of ether oxygens (including phenoxy) is 1. The largest absolute Gasteiger partial charge is 0.464 e. The Hall–Kier alpha value is -2.40. The Morgan fingerprint density at radius 1 is 1.40 bits per heavy atom. The minimum absolute atomic E-state index is 0.0655. The van der Waals surface area contributed by atoms with Gasteiger partial charge in [-0.05, 0) is 41.1 Å². The predicted octanol–water partition coefficient (Wildman–Crippen LogP) is 2.23. The van der Waals surface area contributed by atoms with Crippen molar-refractivity contribution in [2.75, 3.05) is 17.7 Å². The topological polar surface area (TPSA) is 110 Å². The Labute approximate surface area is 124 Å². The van der Waals surface area contributed by atoms with Gasteiger partial charge in [-0.3, -0.25) is 0 Å². The van der Waals surface area contributed by atoms with E-state index < -0.39 is 0 Å². The first-order chi connectivity index (χ1) is 9.62. The summed E-state index contributed by atoms with van der Waals surface area (Å²) in [6, 6.07) is 7.33. The summed E-state index contributed by atoms with van der Waals surface area (Å²) in [4.78, 5) is 11.9. The molecule has 8 heteroatoms.